The third-order valence-electron chi connectivity index (χ3n) is 1.46. The first-order valence-electron chi connectivity index (χ1n) is 3.69. The molecule has 1 heterocycles. The molecular formula is C8H8Cl2N2O. The van der Waals surface area contributed by atoms with Gasteiger partial charge < -0.3 is 0 Å². The maximum absolute atomic E-state index is 11.3. The molecule has 0 atom stereocenters. The van der Waals surface area contributed by atoms with Gasteiger partial charge in [-0.2, -0.15) is 5.10 Å². The summed E-state index contributed by atoms with van der Waals surface area (Å²) in [6.07, 6.45) is 4.99. The van der Waals surface area contributed by atoms with Crippen LogP contribution in [0.3, 0.4) is 0 Å². The lowest BCUT2D eigenvalue weighted by atomic mass is 10.5. The van der Waals surface area contributed by atoms with E-state index in [0.717, 1.165) is 0 Å². The molecule has 0 saturated carbocycles. The number of hydrogen-bond acceptors (Lipinski definition) is 2. The van der Waals surface area contributed by atoms with Gasteiger partial charge in [-0.25, -0.2) is 4.68 Å². The number of allylic oxidation sites excluding steroid dienone is 2. The summed E-state index contributed by atoms with van der Waals surface area (Å²) in [5.41, 5.74) is -0.368. The molecule has 1 aromatic rings. The fourth-order valence-electron chi connectivity index (χ4n) is 0.780. The molecule has 0 unspecified atom stereocenters. The van der Waals surface area contributed by atoms with Gasteiger partial charge in [-0.15, -0.1) is 0 Å². The third-order valence-corrected chi connectivity index (χ3v) is 2.20. The van der Waals surface area contributed by atoms with E-state index in [2.05, 4.69) is 5.10 Å². The molecule has 0 N–H and O–H groups in total. The normalized spacial score (nSPS) is 11.0. The van der Waals surface area contributed by atoms with Crippen LogP contribution >= 0.6 is 23.2 Å². The lowest BCUT2D eigenvalue weighted by Crippen LogP contribution is -2.22. The summed E-state index contributed by atoms with van der Waals surface area (Å²) in [6, 6.07) is 0. The molecular weight excluding hydrogens is 211 g/mol. The van der Waals surface area contributed by atoms with E-state index in [0.29, 0.717) is 6.54 Å². The Labute approximate surface area is 85.6 Å². The van der Waals surface area contributed by atoms with Crippen molar-refractivity contribution < 1.29 is 0 Å². The number of rotatable bonds is 2. The Hall–Kier alpha value is -0.800. The summed E-state index contributed by atoms with van der Waals surface area (Å²) in [6.45, 7) is 2.27. The second-order valence-electron chi connectivity index (χ2n) is 2.36. The van der Waals surface area contributed by atoms with Crippen molar-refractivity contribution in [3.8, 4) is 0 Å². The van der Waals surface area contributed by atoms with Gasteiger partial charge >= 0.3 is 0 Å². The molecule has 70 valence electrons. The van der Waals surface area contributed by atoms with Crippen LogP contribution in [0, 0.1) is 0 Å². The zero-order valence-corrected chi connectivity index (χ0v) is 8.51. The molecule has 0 fully saturated rings. The SMILES string of the molecule is C/C=C/Cn1ncc(Cl)c(Cl)c1=O. The van der Waals surface area contributed by atoms with Gasteiger partial charge in [0.25, 0.3) is 5.56 Å². The fourth-order valence-corrected chi connectivity index (χ4v) is 1.05. The lowest BCUT2D eigenvalue weighted by molar-refractivity contribution is 0.651. The highest BCUT2D eigenvalue weighted by Crippen LogP contribution is 2.14. The van der Waals surface area contributed by atoms with Crippen LogP contribution in [0.25, 0.3) is 0 Å². The predicted molar refractivity (Wildman–Crippen MR) is 53.3 cm³/mol. The molecule has 0 spiro atoms. The zero-order chi connectivity index (χ0) is 9.84. The van der Waals surface area contributed by atoms with Crippen LogP contribution in [0.4, 0.5) is 0 Å². The average Bonchev–Trinajstić information content (AvgIpc) is 2.13. The Morgan fingerprint density at radius 3 is 2.92 bits per heavy atom. The van der Waals surface area contributed by atoms with Crippen molar-refractivity contribution in [1.82, 2.24) is 9.78 Å². The molecule has 0 aliphatic rings. The van der Waals surface area contributed by atoms with Crippen LogP contribution in [-0.4, -0.2) is 9.78 Å². The minimum Gasteiger partial charge on any atom is -0.266 e. The van der Waals surface area contributed by atoms with Crippen molar-refractivity contribution in [2.75, 3.05) is 0 Å². The lowest BCUT2D eigenvalue weighted by Gasteiger charge is -2.00. The van der Waals surface area contributed by atoms with E-state index in [-0.39, 0.29) is 15.6 Å². The molecule has 5 heteroatoms. The molecule has 0 aromatic carbocycles. The first kappa shape index (κ1) is 10.3. The van der Waals surface area contributed by atoms with E-state index >= 15 is 0 Å². The summed E-state index contributed by atoms with van der Waals surface area (Å²) < 4.78 is 1.24. The minimum atomic E-state index is -0.368. The van der Waals surface area contributed by atoms with E-state index in [1.807, 2.05) is 13.0 Å². The predicted octanol–water partition coefficient (Wildman–Crippen LogP) is 2.13. The van der Waals surface area contributed by atoms with E-state index in [4.69, 9.17) is 23.2 Å². The number of aromatic nitrogens is 2. The van der Waals surface area contributed by atoms with E-state index in [9.17, 15) is 4.79 Å². The second kappa shape index (κ2) is 4.44. The second-order valence-corrected chi connectivity index (χ2v) is 3.15. The Balaban J connectivity index is 3.11. The smallest absolute Gasteiger partial charge is 0.266 e. The topological polar surface area (TPSA) is 34.9 Å². The van der Waals surface area contributed by atoms with Gasteiger partial charge in [0.1, 0.15) is 5.02 Å². The van der Waals surface area contributed by atoms with Crippen molar-refractivity contribution in [2.24, 2.45) is 0 Å². The van der Waals surface area contributed by atoms with Crippen molar-refractivity contribution in [1.29, 1.82) is 0 Å². The number of halogens is 2. The van der Waals surface area contributed by atoms with Crippen LogP contribution in [0.5, 0.6) is 0 Å². The fraction of sp³-hybridized carbons (Fsp3) is 0.250. The van der Waals surface area contributed by atoms with Crippen molar-refractivity contribution >= 4 is 23.2 Å². The average molecular weight is 219 g/mol. The van der Waals surface area contributed by atoms with Crippen LogP contribution in [-0.2, 0) is 6.54 Å². The van der Waals surface area contributed by atoms with Crippen molar-refractivity contribution in [3.63, 3.8) is 0 Å². The van der Waals surface area contributed by atoms with Crippen LogP contribution in [0.2, 0.25) is 10.0 Å². The van der Waals surface area contributed by atoms with Gasteiger partial charge in [-0.1, -0.05) is 35.4 Å². The molecule has 0 bridgehead atoms. The summed E-state index contributed by atoms with van der Waals surface area (Å²) in [4.78, 5) is 11.3. The first-order valence-corrected chi connectivity index (χ1v) is 4.44. The number of nitrogens with zero attached hydrogens (tertiary/aromatic N) is 2. The van der Waals surface area contributed by atoms with Crippen molar-refractivity contribution in [3.05, 3.63) is 38.7 Å². The summed E-state index contributed by atoms with van der Waals surface area (Å²) in [7, 11) is 0. The first-order chi connectivity index (χ1) is 6.16. The minimum absolute atomic E-state index is 0.0150. The molecule has 0 aliphatic carbocycles. The molecule has 1 rings (SSSR count). The van der Waals surface area contributed by atoms with Crippen LogP contribution in [0.15, 0.2) is 23.1 Å². The van der Waals surface area contributed by atoms with Crippen LogP contribution < -0.4 is 5.56 Å². The quantitative estimate of drug-likeness (QED) is 0.714. The summed E-state index contributed by atoms with van der Waals surface area (Å²) in [5.74, 6) is 0. The van der Waals surface area contributed by atoms with Gasteiger partial charge in [0, 0.05) is 0 Å². The van der Waals surface area contributed by atoms with Gasteiger partial charge in [0.2, 0.25) is 0 Å². The van der Waals surface area contributed by atoms with E-state index < -0.39 is 0 Å². The maximum Gasteiger partial charge on any atom is 0.287 e. The Morgan fingerprint density at radius 2 is 2.31 bits per heavy atom. The van der Waals surface area contributed by atoms with Crippen molar-refractivity contribution in [2.45, 2.75) is 13.5 Å². The monoisotopic (exact) mass is 218 g/mol. The Morgan fingerprint density at radius 1 is 1.62 bits per heavy atom. The van der Waals surface area contributed by atoms with Crippen LogP contribution in [0.1, 0.15) is 6.92 Å². The Bertz CT molecular complexity index is 384. The molecule has 0 amide bonds. The zero-order valence-electron chi connectivity index (χ0n) is 7.00. The molecule has 3 nitrogen and oxygen atoms in total. The molecule has 0 saturated heterocycles. The highest BCUT2D eigenvalue weighted by atomic mass is 35.5. The highest BCUT2D eigenvalue weighted by Gasteiger charge is 2.05. The van der Waals surface area contributed by atoms with Gasteiger partial charge in [0.05, 0.1) is 17.8 Å². The summed E-state index contributed by atoms with van der Waals surface area (Å²) >= 11 is 11.2. The standard InChI is InChI=1S/C8H8Cl2N2O/c1-2-3-4-12-8(13)7(10)6(9)5-11-12/h2-3,5H,4H2,1H3/b3-2+. The van der Waals surface area contributed by atoms with Gasteiger partial charge in [-0.05, 0) is 6.92 Å². The molecule has 13 heavy (non-hydrogen) atoms. The van der Waals surface area contributed by atoms with Gasteiger partial charge in [-0.3, -0.25) is 4.79 Å². The third kappa shape index (κ3) is 2.32. The molecule has 1 aromatic heterocycles. The summed E-state index contributed by atoms with van der Waals surface area (Å²) in [5, 5.41) is 4.01. The largest absolute Gasteiger partial charge is 0.287 e. The Kier molecular flexibility index (Phi) is 3.51. The molecule has 0 aliphatic heterocycles. The van der Waals surface area contributed by atoms with E-state index in [1.165, 1.54) is 10.9 Å². The molecule has 0 radical (unpaired) electrons. The maximum atomic E-state index is 11.3. The number of hydrogen-bond donors (Lipinski definition) is 0. The van der Waals surface area contributed by atoms with Gasteiger partial charge in [0.15, 0.2) is 0 Å². The highest BCUT2D eigenvalue weighted by molar-refractivity contribution is 6.41. The van der Waals surface area contributed by atoms with E-state index in [1.54, 1.807) is 6.08 Å².